The lowest BCUT2D eigenvalue weighted by atomic mass is 10.3. The molecule has 80 valence electrons. The number of hydrogen-bond donors (Lipinski definition) is 1. The van der Waals surface area contributed by atoms with E-state index in [1.54, 1.807) is 18.0 Å². The van der Waals surface area contributed by atoms with E-state index < -0.39 is 0 Å². The van der Waals surface area contributed by atoms with Crippen molar-refractivity contribution in [3.05, 3.63) is 30.0 Å². The highest BCUT2D eigenvalue weighted by Gasteiger charge is 2.16. The summed E-state index contributed by atoms with van der Waals surface area (Å²) in [6, 6.07) is 3.79. The van der Waals surface area contributed by atoms with Gasteiger partial charge in [-0.3, -0.25) is 0 Å². The monoisotopic (exact) mass is 241 g/mol. The van der Waals surface area contributed by atoms with Crippen molar-refractivity contribution in [2.75, 3.05) is 6.54 Å². The quantitative estimate of drug-likeness (QED) is 0.831. The van der Waals surface area contributed by atoms with E-state index in [0.29, 0.717) is 6.54 Å². The average Bonchev–Trinajstić information content (AvgIpc) is 2.85. The largest absolute Gasteiger partial charge is 0.468 e. The molecule has 2 heterocycles. The average molecular weight is 241 g/mol. The van der Waals surface area contributed by atoms with Gasteiger partial charge in [-0.05, 0) is 30.6 Å². The van der Waals surface area contributed by atoms with Crippen LogP contribution in [0.1, 0.15) is 16.8 Å². The lowest BCUT2D eigenvalue weighted by Crippen LogP contribution is -2.08. The van der Waals surface area contributed by atoms with Crippen LogP contribution >= 0.6 is 23.3 Å². The Bertz CT molecular complexity index is 413. The normalized spacial score (nSPS) is 12.9. The lowest BCUT2D eigenvalue weighted by Gasteiger charge is -2.08. The molecule has 0 aromatic carbocycles. The number of nitrogens with two attached hydrogens (primary N) is 1. The van der Waals surface area contributed by atoms with Crippen LogP contribution < -0.4 is 5.73 Å². The summed E-state index contributed by atoms with van der Waals surface area (Å²) in [4.78, 5) is 4.28. The van der Waals surface area contributed by atoms with Gasteiger partial charge in [-0.15, -0.1) is 0 Å². The highest BCUT2D eigenvalue weighted by Crippen LogP contribution is 2.35. The molecule has 15 heavy (non-hydrogen) atoms. The van der Waals surface area contributed by atoms with Gasteiger partial charge in [0.1, 0.15) is 11.6 Å². The fourth-order valence-corrected chi connectivity index (χ4v) is 2.98. The van der Waals surface area contributed by atoms with Crippen LogP contribution in [0.4, 0.5) is 0 Å². The van der Waals surface area contributed by atoms with Crippen molar-refractivity contribution in [2.24, 2.45) is 5.73 Å². The molecular weight excluding hydrogens is 230 g/mol. The Labute approximate surface area is 96.1 Å². The van der Waals surface area contributed by atoms with Gasteiger partial charge in [-0.25, -0.2) is 4.98 Å². The van der Waals surface area contributed by atoms with Crippen molar-refractivity contribution in [3.63, 3.8) is 0 Å². The first-order valence-corrected chi connectivity index (χ1v) is 6.15. The van der Waals surface area contributed by atoms with Gasteiger partial charge in [0.15, 0.2) is 4.34 Å². The van der Waals surface area contributed by atoms with Gasteiger partial charge in [0.25, 0.3) is 0 Å². The number of hydrogen-bond acceptors (Lipinski definition) is 6. The van der Waals surface area contributed by atoms with Gasteiger partial charge in [0.2, 0.25) is 0 Å². The van der Waals surface area contributed by atoms with Crippen molar-refractivity contribution in [2.45, 2.75) is 16.5 Å². The molecular formula is C9H11N3OS2. The number of nitrogens with zero attached hydrogens (tertiary/aromatic N) is 2. The van der Waals surface area contributed by atoms with Gasteiger partial charge < -0.3 is 10.2 Å². The Hall–Kier alpha value is -0.850. The fraction of sp³-hybridized carbons (Fsp3) is 0.333. The molecule has 2 aromatic heterocycles. The van der Waals surface area contributed by atoms with Crippen molar-refractivity contribution in [3.8, 4) is 0 Å². The van der Waals surface area contributed by atoms with E-state index in [1.165, 1.54) is 11.5 Å². The number of aromatic nitrogens is 2. The molecule has 0 aliphatic rings. The van der Waals surface area contributed by atoms with E-state index in [4.69, 9.17) is 10.2 Å². The summed E-state index contributed by atoms with van der Waals surface area (Å²) in [6.45, 7) is 2.40. The van der Waals surface area contributed by atoms with Gasteiger partial charge in [0, 0.05) is 6.54 Å². The van der Waals surface area contributed by atoms with Crippen LogP contribution in [0.5, 0.6) is 0 Å². The molecule has 2 rings (SSSR count). The molecule has 0 fully saturated rings. The Balaban J connectivity index is 2.09. The third-order valence-corrected chi connectivity index (χ3v) is 3.94. The zero-order valence-electron chi connectivity index (χ0n) is 8.21. The predicted octanol–water partition coefficient (Wildman–Crippen LogP) is 2.23. The first kappa shape index (κ1) is 10.7. The van der Waals surface area contributed by atoms with Crippen LogP contribution in [0.15, 0.2) is 27.2 Å². The van der Waals surface area contributed by atoms with Crippen LogP contribution in [0.3, 0.4) is 0 Å². The molecule has 4 nitrogen and oxygen atoms in total. The van der Waals surface area contributed by atoms with E-state index in [-0.39, 0.29) is 5.25 Å². The minimum atomic E-state index is 0.118. The summed E-state index contributed by atoms with van der Waals surface area (Å²) < 4.78 is 10.4. The third-order valence-electron chi connectivity index (χ3n) is 1.83. The number of furan rings is 1. The molecule has 0 spiro atoms. The molecule has 0 bridgehead atoms. The van der Waals surface area contributed by atoms with E-state index in [2.05, 4.69) is 9.36 Å². The molecule has 0 saturated carbocycles. The van der Waals surface area contributed by atoms with Crippen molar-refractivity contribution >= 4 is 23.3 Å². The van der Waals surface area contributed by atoms with Gasteiger partial charge in [-0.1, -0.05) is 11.8 Å². The highest BCUT2D eigenvalue weighted by molar-refractivity contribution is 8.01. The van der Waals surface area contributed by atoms with E-state index in [9.17, 15) is 0 Å². The Morgan fingerprint density at radius 2 is 2.53 bits per heavy atom. The Kier molecular flexibility index (Phi) is 3.40. The molecule has 2 N–H and O–H groups in total. The van der Waals surface area contributed by atoms with Crippen molar-refractivity contribution in [1.29, 1.82) is 0 Å². The second-order valence-corrected chi connectivity index (χ2v) is 5.17. The second-order valence-electron chi connectivity index (χ2n) is 2.97. The maximum Gasteiger partial charge on any atom is 0.170 e. The second kappa shape index (κ2) is 4.78. The summed E-state index contributed by atoms with van der Waals surface area (Å²) in [6.07, 6.45) is 1.66. The number of aryl methyl sites for hydroxylation is 1. The molecule has 1 unspecified atom stereocenters. The number of thioether (sulfide) groups is 1. The van der Waals surface area contributed by atoms with E-state index in [0.717, 1.165) is 15.9 Å². The van der Waals surface area contributed by atoms with Crippen LogP contribution in [-0.2, 0) is 0 Å². The van der Waals surface area contributed by atoms with Crippen LogP contribution in [0, 0.1) is 6.92 Å². The molecule has 0 saturated heterocycles. The van der Waals surface area contributed by atoms with E-state index in [1.807, 2.05) is 19.1 Å². The van der Waals surface area contributed by atoms with Gasteiger partial charge in [0.05, 0.1) is 11.5 Å². The SMILES string of the molecule is Cc1nsc(SC(CN)c2ccco2)n1. The highest BCUT2D eigenvalue weighted by atomic mass is 32.2. The third kappa shape index (κ3) is 2.58. The maximum absolute atomic E-state index is 5.69. The molecule has 0 aliphatic heterocycles. The van der Waals surface area contributed by atoms with Gasteiger partial charge in [-0.2, -0.15) is 4.37 Å². The van der Waals surface area contributed by atoms with Crippen molar-refractivity contribution < 1.29 is 4.42 Å². The Morgan fingerprint density at radius 3 is 3.07 bits per heavy atom. The van der Waals surface area contributed by atoms with Gasteiger partial charge >= 0.3 is 0 Å². The first-order chi connectivity index (χ1) is 7.29. The standard InChI is InChI=1S/C9H11N3OS2/c1-6-11-9(15-12-6)14-8(5-10)7-3-2-4-13-7/h2-4,8H,5,10H2,1H3. The number of rotatable bonds is 4. The van der Waals surface area contributed by atoms with E-state index >= 15 is 0 Å². The summed E-state index contributed by atoms with van der Waals surface area (Å²) >= 11 is 2.99. The van der Waals surface area contributed by atoms with Crippen LogP contribution in [0.25, 0.3) is 0 Å². The van der Waals surface area contributed by atoms with Crippen LogP contribution in [0.2, 0.25) is 0 Å². The minimum absolute atomic E-state index is 0.118. The summed E-state index contributed by atoms with van der Waals surface area (Å²) in [7, 11) is 0. The minimum Gasteiger partial charge on any atom is -0.468 e. The Morgan fingerprint density at radius 1 is 1.67 bits per heavy atom. The molecule has 0 aliphatic carbocycles. The summed E-state index contributed by atoms with van der Waals surface area (Å²) in [5, 5.41) is 0.118. The summed E-state index contributed by atoms with van der Waals surface area (Å²) in [5.74, 6) is 1.69. The first-order valence-electron chi connectivity index (χ1n) is 4.50. The maximum atomic E-state index is 5.69. The molecule has 2 aromatic rings. The molecule has 0 amide bonds. The zero-order valence-corrected chi connectivity index (χ0v) is 9.85. The molecule has 6 heteroatoms. The smallest absolute Gasteiger partial charge is 0.170 e. The fourth-order valence-electron chi connectivity index (χ4n) is 1.14. The summed E-state index contributed by atoms with van der Waals surface area (Å²) in [5.41, 5.74) is 5.69. The predicted molar refractivity (Wildman–Crippen MR) is 61.0 cm³/mol. The van der Waals surface area contributed by atoms with Crippen molar-refractivity contribution in [1.82, 2.24) is 9.36 Å². The zero-order chi connectivity index (χ0) is 10.7. The molecule has 0 radical (unpaired) electrons. The lowest BCUT2D eigenvalue weighted by molar-refractivity contribution is 0.507. The van der Waals surface area contributed by atoms with Crippen LogP contribution in [-0.4, -0.2) is 15.9 Å². The molecule has 1 atom stereocenters. The topological polar surface area (TPSA) is 64.9 Å².